The van der Waals surface area contributed by atoms with Gasteiger partial charge in [-0.05, 0) is 42.3 Å². The van der Waals surface area contributed by atoms with Crippen LogP contribution in [0.3, 0.4) is 0 Å². The van der Waals surface area contributed by atoms with Gasteiger partial charge >= 0.3 is 5.97 Å². The van der Waals surface area contributed by atoms with E-state index >= 15 is 0 Å². The second-order valence-electron chi connectivity index (χ2n) is 8.08. The van der Waals surface area contributed by atoms with Crippen LogP contribution in [0, 0.1) is 17.5 Å². The lowest BCUT2D eigenvalue weighted by atomic mass is 10.2. The molecule has 3 aromatic carbocycles. The summed E-state index contributed by atoms with van der Waals surface area (Å²) in [6.07, 6.45) is 0.523. The molecule has 0 bridgehead atoms. The van der Waals surface area contributed by atoms with Gasteiger partial charge in [-0.25, -0.2) is 31.4 Å². The zero-order chi connectivity index (χ0) is 27.2. The number of hydrogen-bond donors (Lipinski definition) is 1. The quantitative estimate of drug-likeness (QED) is 0.256. The second-order valence-corrected chi connectivity index (χ2v) is 11.3. The van der Waals surface area contributed by atoms with E-state index in [1.807, 2.05) is 12.1 Å². The topological polar surface area (TPSA) is 106 Å². The molecule has 1 N–H and O–H groups in total. The van der Waals surface area contributed by atoms with Gasteiger partial charge in [0.15, 0.2) is 29.2 Å². The number of carbonyl (C=O) groups is 2. The number of halogens is 4. The molecule has 196 valence electrons. The molecule has 2 heterocycles. The summed E-state index contributed by atoms with van der Waals surface area (Å²) in [7, 11) is -4.11. The van der Waals surface area contributed by atoms with Gasteiger partial charge in [0.25, 0.3) is 15.9 Å². The Bertz CT molecular complexity index is 1730. The van der Waals surface area contributed by atoms with Crippen LogP contribution in [-0.4, -0.2) is 38.4 Å². The van der Waals surface area contributed by atoms with E-state index in [-0.39, 0.29) is 31.9 Å². The van der Waals surface area contributed by atoms with Gasteiger partial charge in [-0.1, -0.05) is 41.1 Å². The van der Waals surface area contributed by atoms with Crippen LogP contribution in [0.15, 0.2) is 53.4 Å². The lowest BCUT2D eigenvalue weighted by Crippen LogP contribution is -2.29. The summed E-state index contributed by atoms with van der Waals surface area (Å²) in [5, 5.41) is 1.98. The van der Waals surface area contributed by atoms with Crippen molar-refractivity contribution in [2.45, 2.75) is 11.3 Å². The summed E-state index contributed by atoms with van der Waals surface area (Å²) in [5.41, 5.74) is 0.756. The number of aromatic nitrogens is 1. The number of benzene rings is 3. The predicted molar refractivity (Wildman–Crippen MR) is 135 cm³/mol. The molecule has 0 atom stereocenters. The third-order valence-corrected chi connectivity index (χ3v) is 8.89. The zero-order valence-corrected chi connectivity index (χ0v) is 21.4. The van der Waals surface area contributed by atoms with Crippen molar-refractivity contribution in [3.05, 3.63) is 82.1 Å². The molecule has 1 amide bonds. The molecule has 0 fully saturated rings. The van der Waals surface area contributed by atoms with Gasteiger partial charge in [-0.2, -0.15) is 0 Å². The maximum Gasteiger partial charge on any atom is 0.338 e. The van der Waals surface area contributed by atoms with E-state index in [1.54, 1.807) is 12.1 Å². The molecule has 1 aromatic heterocycles. The number of rotatable bonds is 6. The number of thiazole rings is 1. The fourth-order valence-corrected chi connectivity index (χ4v) is 6.81. The Morgan fingerprint density at radius 1 is 1.11 bits per heavy atom. The summed E-state index contributed by atoms with van der Waals surface area (Å²) in [6.45, 7) is -0.591. The Hall–Kier alpha value is -3.68. The molecule has 0 spiro atoms. The zero-order valence-electron chi connectivity index (χ0n) is 19.0. The van der Waals surface area contributed by atoms with Crippen molar-refractivity contribution >= 4 is 65.9 Å². The SMILES string of the molecule is O=C(COC(=O)c1ccc(Cl)c(S(=O)(=O)N2CCc3ccccc32)c1)Nc1nc2c(F)c(F)c(F)cc2s1. The molecule has 0 radical (unpaired) electrons. The van der Waals surface area contributed by atoms with Crippen molar-refractivity contribution < 1.29 is 35.9 Å². The molecule has 1 aliphatic heterocycles. The number of carbonyl (C=O) groups excluding carboxylic acids is 2. The summed E-state index contributed by atoms with van der Waals surface area (Å²) in [4.78, 5) is 28.2. The normalized spacial score (nSPS) is 13.0. The average Bonchev–Trinajstić information content (AvgIpc) is 3.50. The standard InChI is InChI=1S/C24H15ClF3N3O5S2/c25-14-6-5-13(9-18(14)38(34,35)31-8-7-12-3-1-2-4-16(12)31)23(33)36-11-19(32)29-24-30-22-17(37-24)10-15(26)20(27)21(22)28/h1-6,9-10H,7-8,11H2,(H,29,30,32). The van der Waals surface area contributed by atoms with Crippen LogP contribution < -0.4 is 9.62 Å². The van der Waals surface area contributed by atoms with Crippen molar-refractivity contribution in [1.29, 1.82) is 0 Å². The van der Waals surface area contributed by atoms with Gasteiger partial charge in [0.2, 0.25) is 0 Å². The number of para-hydroxylation sites is 1. The number of nitrogens with zero attached hydrogens (tertiary/aromatic N) is 2. The van der Waals surface area contributed by atoms with Crippen molar-refractivity contribution in [3.8, 4) is 0 Å². The van der Waals surface area contributed by atoms with Crippen molar-refractivity contribution in [2.75, 3.05) is 22.8 Å². The number of esters is 1. The average molecular weight is 582 g/mol. The molecule has 4 aromatic rings. The van der Waals surface area contributed by atoms with Crippen LogP contribution in [0.2, 0.25) is 5.02 Å². The summed E-state index contributed by atoms with van der Waals surface area (Å²) >= 11 is 6.86. The number of fused-ring (bicyclic) bond motifs is 2. The number of anilines is 2. The first-order chi connectivity index (χ1) is 18.1. The predicted octanol–water partition coefficient (Wildman–Crippen LogP) is 4.91. The first-order valence-corrected chi connectivity index (χ1v) is 13.5. The molecule has 0 saturated carbocycles. The second kappa shape index (κ2) is 9.89. The lowest BCUT2D eigenvalue weighted by molar-refractivity contribution is -0.119. The van der Waals surface area contributed by atoms with Crippen molar-refractivity contribution in [3.63, 3.8) is 0 Å². The summed E-state index contributed by atoms with van der Waals surface area (Å²) in [6, 6.07) is 11.3. The highest BCUT2D eigenvalue weighted by Crippen LogP contribution is 2.35. The van der Waals surface area contributed by atoms with Gasteiger partial charge in [0.05, 0.1) is 21.0 Å². The minimum absolute atomic E-state index is 0.0378. The smallest absolute Gasteiger partial charge is 0.338 e. The van der Waals surface area contributed by atoms with Crippen LogP contribution in [0.1, 0.15) is 15.9 Å². The molecular formula is C24H15ClF3N3O5S2. The Kier molecular flexibility index (Phi) is 6.75. The molecule has 5 rings (SSSR count). The molecule has 38 heavy (non-hydrogen) atoms. The maximum absolute atomic E-state index is 13.9. The molecule has 0 unspecified atom stereocenters. The Labute approximate surface area is 222 Å². The van der Waals surface area contributed by atoms with E-state index in [0.717, 1.165) is 17.7 Å². The number of ether oxygens (including phenoxy) is 1. The first-order valence-electron chi connectivity index (χ1n) is 10.9. The van der Waals surface area contributed by atoms with E-state index in [0.29, 0.717) is 23.4 Å². The molecule has 14 heteroatoms. The number of amides is 1. The molecule has 0 saturated heterocycles. The van der Waals surface area contributed by atoms with Crippen LogP contribution in [0.25, 0.3) is 10.2 Å². The Morgan fingerprint density at radius 3 is 2.66 bits per heavy atom. The molecule has 0 aliphatic carbocycles. The van der Waals surface area contributed by atoms with Gasteiger partial charge < -0.3 is 4.74 Å². The van der Waals surface area contributed by atoms with Gasteiger partial charge in [-0.15, -0.1) is 0 Å². The van der Waals surface area contributed by atoms with Crippen LogP contribution in [0.5, 0.6) is 0 Å². The fourth-order valence-electron chi connectivity index (χ4n) is 3.90. The summed E-state index contributed by atoms with van der Waals surface area (Å²) < 4.78 is 73.5. The van der Waals surface area contributed by atoms with Gasteiger partial charge in [0.1, 0.15) is 10.4 Å². The number of sulfonamides is 1. The van der Waals surface area contributed by atoms with Crippen LogP contribution >= 0.6 is 22.9 Å². The highest BCUT2D eigenvalue weighted by Gasteiger charge is 2.32. The largest absolute Gasteiger partial charge is 0.452 e. The van der Waals surface area contributed by atoms with Gasteiger partial charge in [0, 0.05) is 6.54 Å². The maximum atomic E-state index is 13.9. The molecule has 1 aliphatic rings. The van der Waals surface area contributed by atoms with Gasteiger partial charge in [-0.3, -0.25) is 14.4 Å². The van der Waals surface area contributed by atoms with Crippen molar-refractivity contribution in [2.24, 2.45) is 0 Å². The van der Waals surface area contributed by atoms with E-state index in [9.17, 15) is 31.2 Å². The minimum atomic E-state index is -4.11. The van der Waals surface area contributed by atoms with E-state index in [2.05, 4.69) is 10.3 Å². The summed E-state index contributed by atoms with van der Waals surface area (Å²) in [5.74, 6) is -6.45. The third kappa shape index (κ3) is 4.68. The lowest BCUT2D eigenvalue weighted by Gasteiger charge is -2.20. The Balaban J connectivity index is 1.29. The number of hydrogen-bond acceptors (Lipinski definition) is 7. The monoisotopic (exact) mass is 581 g/mol. The van der Waals surface area contributed by atoms with Crippen LogP contribution in [0.4, 0.5) is 24.0 Å². The fraction of sp³-hybridized carbons (Fsp3) is 0.125. The van der Waals surface area contributed by atoms with Crippen molar-refractivity contribution in [1.82, 2.24) is 4.98 Å². The highest BCUT2D eigenvalue weighted by molar-refractivity contribution is 7.93. The Morgan fingerprint density at radius 2 is 1.87 bits per heavy atom. The highest BCUT2D eigenvalue weighted by atomic mass is 35.5. The van der Waals surface area contributed by atoms with E-state index in [4.69, 9.17) is 16.3 Å². The minimum Gasteiger partial charge on any atom is -0.452 e. The van der Waals surface area contributed by atoms with E-state index < -0.39 is 51.5 Å². The first kappa shape index (κ1) is 25.9. The molecule has 8 nitrogen and oxygen atoms in total. The van der Waals surface area contributed by atoms with E-state index in [1.165, 1.54) is 16.4 Å². The third-order valence-electron chi connectivity index (χ3n) is 5.68. The van der Waals surface area contributed by atoms with Crippen LogP contribution in [-0.2, 0) is 26.0 Å². The molecular weight excluding hydrogens is 567 g/mol. The number of nitrogens with one attached hydrogen (secondary N) is 1.